The lowest BCUT2D eigenvalue weighted by molar-refractivity contribution is -0.120. The van der Waals surface area contributed by atoms with E-state index in [9.17, 15) is 4.79 Å². The van der Waals surface area contributed by atoms with Crippen LogP contribution in [0.5, 0.6) is 5.75 Å². The van der Waals surface area contributed by atoms with E-state index in [-0.39, 0.29) is 11.8 Å². The first-order valence-electron chi connectivity index (χ1n) is 7.39. The number of carbonyl (C=O) groups is 1. The Morgan fingerprint density at radius 2 is 2.14 bits per heavy atom. The summed E-state index contributed by atoms with van der Waals surface area (Å²) in [5.41, 5.74) is 6.89. The second-order valence-corrected chi connectivity index (χ2v) is 5.83. The standard InChI is InChI=1S/C17H20N2O2/c1-21-16-5-4-11(3-2-6-18)7-15(16)19-17(20)14-9-12-8-13(12)10-14/h4-5,7,12-14H,6,8-10,18H2,1H3,(H,19,20). The Morgan fingerprint density at radius 3 is 2.81 bits per heavy atom. The molecule has 21 heavy (non-hydrogen) atoms. The van der Waals surface area contributed by atoms with Gasteiger partial charge in [0.2, 0.25) is 5.91 Å². The van der Waals surface area contributed by atoms with Crippen LogP contribution >= 0.6 is 0 Å². The molecule has 4 nitrogen and oxygen atoms in total. The van der Waals surface area contributed by atoms with Gasteiger partial charge in [-0.05, 0) is 49.3 Å². The normalized spacial score (nSPS) is 25.5. The highest BCUT2D eigenvalue weighted by Crippen LogP contribution is 2.54. The molecule has 110 valence electrons. The molecule has 2 aliphatic rings. The zero-order valence-electron chi connectivity index (χ0n) is 12.2. The molecular formula is C17H20N2O2. The first kappa shape index (κ1) is 14.0. The molecule has 0 aromatic heterocycles. The average molecular weight is 284 g/mol. The summed E-state index contributed by atoms with van der Waals surface area (Å²) in [6.07, 6.45) is 3.38. The summed E-state index contributed by atoms with van der Waals surface area (Å²) < 4.78 is 5.31. The first-order chi connectivity index (χ1) is 10.2. The third-order valence-corrected chi connectivity index (χ3v) is 4.41. The quantitative estimate of drug-likeness (QED) is 0.834. The molecule has 2 saturated carbocycles. The molecule has 2 fully saturated rings. The zero-order chi connectivity index (χ0) is 14.8. The van der Waals surface area contributed by atoms with Gasteiger partial charge in [0.15, 0.2) is 0 Å². The van der Waals surface area contributed by atoms with Crippen molar-refractivity contribution in [3.05, 3.63) is 23.8 Å². The number of nitrogens with one attached hydrogen (secondary N) is 1. The summed E-state index contributed by atoms with van der Waals surface area (Å²) in [5, 5.41) is 3.00. The predicted octanol–water partition coefficient (Wildman–Crippen LogP) is 1.99. The zero-order valence-corrected chi connectivity index (χ0v) is 12.2. The summed E-state index contributed by atoms with van der Waals surface area (Å²) in [4.78, 5) is 12.4. The molecular weight excluding hydrogens is 264 g/mol. The van der Waals surface area contributed by atoms with Crippen LogP contribution in [0.25, 0.3) is 0 Å². The first-order valence-corrected chi connectivity index (χ1v) is 7.39. The number of methoxy groups -OCH3 is 1. The van der Waals surface area contributed by atoms with Crippen molar-refractivity contribution in [2.75, 3.05) is 19.0 Å². The fourth-order valence-electron chi connectivity index (χ4n) is 3.20. The van der Waals surface area contributed by atoms with E-state index in [1.807, 2.05) is 18.2 Å². The minimum absolute atomic E-state index is 0.101. The SMILES string of the molecule is COc1ccc(C#CCN)cc1NC(=O)C1CC2CC2C1. The van der Waals surface area contributed by atoms with Crippen molar-refractivity contribution in [1.82, 2.24) is 0 Å². The van der Waals surface area contributed by atoms with Crippen LogP contribution < -0.4 is 15.8 Å². The number of rotatable bonds is 3. The Bertz CT molecular complexity index is 605. The van der Waals surface area contributed by atoms with Crippen LogP contribution in [0.15, 0.2) is 18.2 Å². The highest BCUT2D eigenvalue weighted by atomic mass is 16.5. The summed E-state index contributed by atoms with van der Waals surface area (Å²) in [6, 6.07) is 5.53. The number of ether oxygens (including phenoxy) is 1. The van der Waals surface area contributed by atoms with Crippen LogP contribution in [0, 0.1) is 29.6 Å². The number of amides is 1. The number of anilines is 1. The van der Waals surface area contributed by atoms with Crippen molar-refractivity contribution in [3.63, 3.8) is 0 Å². The van der Waals surface area contributed by atoms with Crippen molar-refractivity contribution in [3.8, 4) is 17.6 Å². The summed E-state index contributed by atoms with van der Waals surface area (Å²) in [7, 11) is 1.60. The van der Waals surface area contributed by atoms with Crippen LogP contribution in [0.4, 0.5) is 5.69 Å². The van der Waals surface area contributed by atoms with Gasteiger partial charge < -0.3 is 15.8 Å². The number of nitrogens with two attached hydrogens (primary N) is 1. The molecule has 3 N–H and O–H groups in total. The van der Waals surface area contributed by atoms with Crippen LogP contribution in [0.2, 0.25) is 0 Å². The smallest absolute Gasteiger partial charge is 0.227 e. The number of fused-ring (bicyclic) bond motifs is 1. The van der Waals surface area contributed by atoms with E-state index in [2.05, 4.69) is 17.2 Å². The third kappa shape index (κ3) is 3.03. The summed E-state index contributed by atoms with van der Waals surface area (Å²) in [5.74, 6) is 8.28. The Balaban J connectivity index is 1.74. The van der Waals surface area contributed by atoms with E-state index in [0.29, 0.717) is 18.0 Å². The van der Waals surface area contributed by atoms with Gasteiger partial charge in [-0.3, -0.25) is 4.79 Å². The highest BCUT2D eigenvalue weighted by Gasteiger charge is 2.48. The van der Waals surface area contributed by atoms with Gasteiger partial charge in [0.25, 0.3) is 0 Å². The van der Waals surface area contributed by atoms with E-state index in [1.54, 1.807) is 7.11 Å². The average Bonchev–Trinajstić information content (AvgIpc) is 3.11. The largest absolute Gasteiger partial charge is 0.495 e. The van der Waals surface area contributed by atoms with Crippen LogP contribution in [-0.2, 0) is 4.79 Å². The molecule has 1 aromatic rings. The molecule has 2 unspecified atom stereocenters. The monoisotopic (exact) mass is 284 g/mol. The fraction of sp³-hybridized carbons (Fsp3) is 0.471. The molecule has 0 saturated heterocycles. The maximum Gasteiger partial charge on any atom is 0.227 e. The van der Waals surface area contributed by atoms with Crippen LogP contribution in [-0.4, -0.2) is 19.6 Å². The van der Waals surface area contributed by atoms with E-state index in [4.69, 9.17) is 10.5 Å². The molecule has 0 spiro atoms. The molecule has 0 radical (unpaired) electrons. The molecule has 1 aromatic carbocycles. The number of hydrogen-bond donors (Lipinski definition) is 2. The number of benzene rings is 1. The topological polar surface area (TPSA) is 64.3 Å². The maximum absolute atomic E-state index is 12.4. The van der Waals surface area contributed by atoms with E-state index >= 15 is 0 Å². The van der Waals surface area contributed by atoms with Gasteiger partial charge in [-0.2, -0.15) is 0 Å². The predicted molar refractivity (Wildman–Crippen MR) is 81.9 cm³/mol. The lowest BCUT2D eigenvalue weighted by atomic mass is 10.0. The lowest BCUT2D eigenvalue weighted by Crippen LogP contribution is -2.22. The molecule has 1 amide bonds. The minimum Gasteiger partial charge on any atom is -0.495 e. The molecule has 0 aliphatic heterocycles. The van der Waals surface area contributed by atoms with Crippen molar-refractivity contribution < 1.29 is 9.53 Å². The Kier molecular flexibility index (Phi) is 3.85. The molecule has 2 atom stereocenters. The fourth-order valence-corrected chi connectivity index (χ4v) is 3.20. The van der Waals surface area contributed by atoms with Crippen molar-refractivity contribution >= 4 is 11.6 Å². The molecule has 0 heterocycles. The van der Waals surface area contributed by atoms with E-state index in [1.165, 1.54) is 6.42 Å². The second-order valence-electron chi connectivity index (χ2n) is 5.83. The Labute approximate surface area is 125 Å². The van der Waals surface area contributed by atoms with Gasteiger partial charge in [-0.1, -0.05) is 11.8 Å². The molecule has 2 aliphatic carbocycles. The second kappa shape index (κ2) is 5.79. The molecule has 4 heteroatoms. The van der Waals surface area contributed by atoms with Gasteiger partial charge >= 0.3 is 0 Å². The molecule has 0 bridgehead atoms. The van der Waals surface area contributed by atoms with Crippen LogP contribution in [0.1, 0.15) is 24.8 Å². The van der Waals surface area contributed by atoms with Crippen molar-refractivity contribution in [1.29, 1.82) is 0 Å². The highest BCUT2D eigenvalue weighted by molar-refractivity contribution is 5.94. The van der Waals surface area contributed by atoms with E-state index in [0.717, 1.165) is 30.2 Å². The van der Waals surface area contributed by atoms with Gasteiger partial charge in [-0.25, -0.2) is 0 Å². The van der Waals surface area contributed by atoms with Gasteiger partial charge in [0.05, 0.1) is 19.3 Å². The Morgan fingerprint density at radius 1 is 1.38 bits per heavy atom. The lowest BCUT2D eigenvalue weighted by Gasteiger charge is -2.15. The van der Waals surface area contributed by atoms with E-state index < -0.39 is 0 Å². The number of hydrogen-bond acceptors (Lipinski definition) is 3. The van der Waals surface area contributed by atoms with Gasteiger partial charge in [0.1, 0.15) is 5.75 Å². The van der Waals surface area contributed by atoms with Gasteiger partial charge in [0, 0.05) is 11.5 Å². The minimum atomic E-state index is 0.101. The summed E-state index contributed by atoms with van der Waals surface area (Å²) >= 11 is 0. The summed E-state index contributed by atoms with van der Waals surface area (Å²) in [6.45, 7) is 0.318. The van der Waals surface area contributed by atoms with Crippen molar-refractivity contribution in [2.24, 2.45) is 23.5 Å². The maximum atomic E-state index is 12.4. The van der Waals surface area contributed by atoms with Gasteiger partial charge in [-0.15, -0.1) is 0 Å². The molecule has 3 rings (SSSR count). The number of carbonyl (C=O) groups excluding carboxylic acids is 1. The Hall–Kier alpha value is -1.99. The van der Waals surface area contributed by atoms with Crippen molar-refractivity contribution in [2.45, 2.75) is 19.3 Å². The van der Waals surface area contributed by atoms with Crippen LogP contribution in [0.3, 0.4) is 0 Å². The third-order valence-electron chi connectivity index (χ3n) is 4.41.